The van der Waals surface area contributed by atoms with Crippen molar-refractivity contribution in [1.82, 2.24) is 10.6 Å². The van der Waals surface area contributed by atoms with Crippen LogP contribution in [0.4, 0.5) is 13.2 Å². The van der Waals surface area contributed by atoms with Gasteiger partial charge in [-0.05, 0) is 68.2 Å². The van der Waals surface area contributed by atoms with Gasteiger partial charge in [-0.25, -0.2) is 13.2 Å². The van der Waals surface area contributed by atoms with Crippen molar-refractivity contribution in [2.75, 3.05) is 19.8 Å². The minimum atomic E-state index is -1.29. The lowest BCUT2D eigenvalue weighted by Gasteiger charge is -2.18. The zero-order valence-corrected chi connectivity index (χ0v) is 28.3. The van der Waals surface area contributed by atoms with Crippen LogP contribution in [0, 0.1) is 30.3 Å². The van der Waals surface area contributed by atoms with Crippen molar-refractivity contribution in [2.45, 2.75) is 112 Å². The van der Waals surface area contributed by atoms with E-state index in [9.17, 15) is 22.8 Å². The van der Waals surface area contributed by atoms with Gasteiger partial charge in [0.1, 0.15) is 5.82 Å². The highest BCUT2D eigenvalue weighted by atomic mass is 19.2. The number of amides is 1. The van der Waals surface area contributed by atoms with Gasteiger partial charge in [-0.1, -0.05) is 90.7 Å². The fourth-order valence-corrected chi connectivity index (χ4v) is 5.20. The minimum Gasteiger partial charge on any atom is -0.378 e. The summed E-state index contributed by atoms with van der Waals surface area (Å²) in [7, 11) is 0. The fraction of sp³-hybridized carbons (Fsp3) is 0.568. The van der Waals surface area contributed by atoms with Gasteiger partial charge in [-0.15, -0.1) is 0 Å². The maximum absolute atomic E-state index is 14.2. The Balaban J connectivity index is 0.000000972. The van der Waals surface area contributed by atoms with Crippen LogP contribution in [0.1, 0.15) is 104 Å². The van der Waals surface area contributed by atoms with Crippen molar-refractivity contribution < 1.29 is 27.5 Å². The molecule has 1 fully saturated rings. The SMILES string of the molecule is C=C(COCC1=C(/C=C\C)CCC=C1)NCC(=O)NC(CC)C(=O)CCc1c(F)c(C)cc(F)c1F.CC.CC1CCCCC1. The van der Waals surface area contributed by atoms with Crippen LogP contribution < -0.4 is 10.6 Å². The average Bonchev–Trinajstić information content (AvgIpc) is 3.04. The van der Waals surface area contributed by atoms with Crippen molar-refractivity contribution in [2.24, 2.45) is 5.92 Å². The van der Waals surface area contributed by atoms with Crippen molar-refractivity contribution in [3.05, 3.63) is 82.4 Å². The Morgan fingerprint density at radius 3 is 2.42 bits per heavy atom. The lowest BCUT2D eigenvalue weighted by molar-refractivity contribution is -0.127. The number of Topliss-reactive ketones (excluding diaryl/α,β-unsaturated/α-hetero) is 1. The van der Waals surface area contributed by atoms with Crippen LogP contribution in [-0.4, -0.2) is 37.5 Å². The molecule has 1 saturated carbocycles. The van der Waals surface area contributed by atoms with E-state index in [1.54, 1.807) is 6.92 Å². The highest BCUT2D eigenvalue weighted by Crippen LogP contribution is 2.23. The van der Waals surface area contributed by atoms with Crippen LogP contribution in [0.5, 0.6) is 0 Å². The summed E-state index contributed by atoms with van der Waals surface area (Å²) in [6.07, 6.45) is 17.4. The molecule has 0 aromatic heterocycles. The molecule has 0 bridgehead atoms. The molecule has 0 saturated heterocycles. The second kappa shape index (κ2) is 22.4. The highest BCUT2D eigenvalue weighted by molar-refractivity contribution is 5.89. The van der Waals surface area contributed by atoms with Gasteiger partial charge in [0.25, 0.3) is 0 Å². The monoisotopic (exact) mass is 632 g/mol. The van der Waals surface area contributed by atoms with Crippen LogP contribution >= 0.6 is 0 Å². The topological polar surface area (TPSA) is 67.4 Å². The summed E-state index contributed by atoms with van der Waals surface area (Å²) in [5.74, 6) is -3.09. The molecule has 3 rings (SSSR count). The number of rotatable bonds is 14. The van der Waals surface area contributed by atoms with Gasteiger partial charge in [-0.3, -0.25) is 9.59 Å². The van der Waals surface area contributed by atoms with Crippen molar-refractivity contribution in [1.29, 1.82) is 0 Å². The van der Waals surface area contributed by atoms with E-state index in [2.05, 4.69) is 42.4 Å². The number of allylic oxidation sites excluding steroid dienone is 4. The molecule has 252 valence electrons. The maximum atomic E-state index is 14.2. The van der Waals surface area contributed by atoms with Gasteiger partial charge in [0, 0.05) is 17.7 Å². The largest absolute Gasteiger partial charge is 0.378 e. The zero-order chi connectivity index (χ0) is 33.8. The highest BCUT2D eigenvalue weighted by Gasteiger charge is 2.22. The Kier molecular flexibility index (Phi) is 19.8. The quantitative estimate of drug-likeness (QED) is 0.201. The predicted molar refractivity (Wildman–Crippen MR) is 178 cm³/mol. The van der Waals surface area contributed by atoms with Gasteiger partial charge in [0.15, 0.2) is 17.4 Å². The molecule has 2 N–H and O–H groups in total. The van der Waals surface area contributed by atoms with Gasteiger partial charge in [-0.2, -0.15) is 0 Å². The number of benzene rings is 1. The molecular formula is C37H55F3N2O3. The number of carbonyl (C=O) groups is 2. The normalized spacial score (nSPS) is 15.5. The minimum absolute atomic E-state index is 0.0304. The van der Waals surface area contributed by atoms with E-state index in [0.29, 0.717) is 18.7 Å². The van der Waals surface area contributed by atoms with E-state index in [-0.39, 0.29) is 37.3 Å². The van der Waals surface area contributed by atoms with E-state index >= 15 is 0 Å². The van der Waals surface area contributed by atoms with Gasteiger partial charge in [0.2, 0.25) is 5.91 Å². The molecule has 45 heavy (non-hydrogen) atoms. The van der Waals surface area contributed by atoms with Crippen LogP contribution in [0.25, 0.3) is 0 Å². The van der Waals surface area contributed by atoms with E-state index in [0.717, 1.165) is 30.4 Å². The van der Waals surface area contributed by atoms with Crippen molar-refractivity contribution in [3.63, 3.8) is 0 Å². The molecule has 1 aromatic rings. The molecule has 0 heterocycles. The number of carbonyl (C=O) groups excluding carboxylic acids is 2. The van der Waals surface area contributed by atoms with Crippen molar-refractivity contribution >= 4 is 11.7 Å². The van der Waals surface area contributed by atoms with Crippen LogP contribution in [0.2, 0.25) is 0 Å². The number of hydrogen-bond acceptors (Lipinski definition) is 4. The first kappa shape index (κ1) is 39.9. The first-order valence-electron chi connectivity index (χ1n) is 16.5. The second-order valence-corrected chi connectivity index (χ2v) is 11.5. The molecule has 5 nitrogen and oxygen atoms in total. The first-order valence-corrected chi connectivity index (χ1v) is 16.5. The standard InChI is InChI=1S/C28H35F3N2O3.C7H14.C2H6/c1-5-9-20-10-7-8-11-21(20)17-36-16-19(4)32-15-26(35)33-24(6-2)25(34)13-12-22-27(30)18(3)14-23(29)28(22)31;1-7-5-3-2-4-6-7;1-2/h5,8-9,11,14,24,32H,4,6-7,10,12-13,15-17H2,1-3H3,(H,33,35);7H,2-6H2,1H3;1-2H3/b9-5-;;. The average molecular weight is 633 g/mol. The summed E-state index contributed by atoms with van der Waals surface area (Å²) in [6.45, 7) is 15.8. The predicted octanol–water partition coefficient (Wildman–Crippen LogP) is 8.76. The molecule has 2 aliphatic rings. The third-order valence-electron chi connectivity index (χ3n) is 7.79. The Morgan fingerprint density at radius 1 is 1.13 bits per heavy atom. The van der Waals surface area contributed by atoms with Gasteiger partial charge >= 0.3 is 0 Å². The Bertz CT molecular complexity index is 1160. The van der Waals surface area contributed by atoms with Crippen LogP contribution in [0.15, 0.2) is 53.8 Å². The summed E-state index contributed by atoms with van der Waals surface area (Å²) in [5, 5.41) is 5.50. The van der Waals surface area contributed by atoms with Gasteiger partial charge in [0.05, 0.1) is 25.8 Å². The number of ketones is 1. The van der Waals surface area contributed by atoms with E-state index < -0.39 is 35.0 Å². The number of nitrogens with one attached hydrogen (secondary N) is 2. The van der Waals surface area contributed by atoms with Crippen molar-refractivity contribution in [3.8, 4) is 0 Å². The Morgan fingerprint density at radius 2 is 1.82 bits per heavy atom. The maximum Gasteiger partial charge on any atom is 0.239 e. The van der Waals surface area contributed by atoms with E-state index in [1.807, 2.05) is 26.8 Å². The molecule has 0 spiro atoms. The number of aryl methyl sites for hydroxylation is 1. The number of hydrogen-bond donors (Lipinski definition) is 2. The summed E-state index contributed by atoms with van der Waals surface area (Å²) in [6, 6.07) is -0.0397. The van der Waals surface area contributed by atoms with E-state index in [4.69, 9.17) is 4.74 Å². The van der Waals surface area contributed by atoms with E-state index in [1.165, 1.54) is 44.6 Å². The molecule has 0 radical (unpaired) electrons. The summed E-state index contributed by atoms with van der Waals surface area (Å²) in [4.78, 5) is 24.9. The molecule has 1 amide bonds. The Hall–Kier alpha value is -3.13. The molecule has 1 atom stereocenters. The summed E-state index contributed by atoms with van der Waals surface area (Å²) in [5.41, 5.74) is 2.38. The molecule has 1 aromatic carbocycles. The smallest absolute Gasteiger partial charge is 0.239 e. The first-order chi connectivity index (χ1) is 21.6. The number of halogens is 3. The van der Waals surface area contributed by atoms with Crippen LogP contribution in [0.3, 0.4) is 0 Å². The molecule has 2 aliphatic carbocycles. The molecule has 1 unspecified atom stereocenters. The Labute approximate surface area is 269 Å². The summed E-state index contributed by atoms with van der Waals surface area (Å²) >= 11 is 0. The second-order valence-electron chi connectivity index (χ2n) is 11.5. The lowest BCUT2D eigenvalue weighted by atomic mass is 9.91. The zero-order valence-electron chi connectivity index (χ0n) is 28.3. The van der Waals surface area contributed by atoms with Crippen LogP contribution in [-0.2, 0) is 20.7 Å². The fourth-order valence-electron chi connectivity index (χ4n) is 5.20. The molecule has 8 heteroatoms. The number of ether oxygens (including phenoxy) is 1. The van der Waals surface area contributed by atoms with Gasteiger partial charge < -0.3 is 15.4 Å². The molecular weight excluding hydrogens is 577 g/mol. The third-order valence-corrected chi connectivity index (χ3v) is 7.79. The molecule has 0 aliphatic heterocycles. The lowest BCUT2D eigenvalue weighted by Crippen LogP contribution is -2.44. The summed E-state index contributed by atoms with van der Waals surface area (Å²) < 4.78 is 47.5. The third kappa shape index (κ3) is 14.7.